The minimum absolute atomic E-state index is 0.0506. The SMILES string of the molecule is CC(C)(C)OC(=O)B1CC=C(B2OC(C)(C)C(C)(C)O2)CC1. The molecule has 0 N–H and O–H groups in total. The Balaban J connectivity index is 1.97. The van der Waals surface area contributed by atoms with Crippen LogP contribution in [0.25, 0.3) is 0 Å². The Morgan fingerprint density at radius 2 is 1.73 bits per heavy atom. The van der Waals surface area contributed by atoms with Crippen LogP contribution in [0, 0.1) is 0 Å². The summed E-state index contributed by atoms with van der Waals surface area (Å²) >= 11 is 0. The molecule has 0 saturated carbocycles. The molecule has 0 amide bonds. The van der Waals surface area contributed by atoms with Crippen LogP contribution in [0.15, 0.2) is 11.5 Å². The van der Waals surface area contributed by atoms with E-state index in [-0.39, 0.29) is 30.9 Å². The van der Waals surface area contributed by atoms with Gasteiger partial charge >= 0.3 is 7.12 Å². The van der Waals surface area contributed by atoms with Crippen LogP contribution >= 0.6 is 0 Å². The average Bonchev–Trinajstić information content (AvgIpc) is 2.56. The standard InChI is InChI=1S/C16H28B2O4/c1-14(2,3)20-13(19)17-10-8-12(9-11-17)18-21-15(4,5)16(6,7)22-18/h8H,9-11H2,1-7H3. The molecule has 122 valence electrons. The summed E-state index contributed by atoms with van der Waals surface area (Å²) < 4.78 is 17.6. The van der Waals surface area contributed by atoms with Gasteiger partial charge in [0.05, 0.1) is 11.2 Å². The number of rotatable bonds is 2. The van der Waals surface area contributed by atoms with Crippen LogP contribution in [-0.2, 0) is 14.0 Å². The molecule has 2 heterocycles. The predicted octanol–water partition coefficient (Wildman–Crippen LogP) is 3.96. The fraction of sp³-hybridized carbons (Fsp3) is 0.812. The van der Waals surface area contributed by atoms with Crippen molar-refractivity contribution >= 4 is 19.7 Å². The Kier molecular flexibility index (Phi) is 4.58. The molecule has 2 aliphatic heterocycles. The summed E-state index contributed by atoms with van der Waals surface area (Å²) in [5.74, 6) is -0.100. The second-order valence-electron chi connectivity index (χ2n) is 8.37. The highest BCUT2D eigenvalue weighted by Gasteiger charge is 2.52. The Morgan fingerprint density at radius 3 is 2.14 bits per heavy atom. The zero-order valence-electron chi connectivity index (χ0n) is 15.0. The van der Waals surface area contributed by atoms with E-state index in [0.29, 0.717) is 6.32 Å². The zero-order valence-corrected chi connectivity index (χ0v) is 15.0. The molecular formula is C16H28B2O4. The molecule has 1 saturated heterocycles. The molecule has 6 heteroatoms. The molecule has 0 aromatic heterocycles. The van der Waals surface area contributed by atoms with Crippen LogP contribution < -0.4 is 0 Å². The third-order valence-electron chi connectivity index (χ3n) is 4.74. The fourth-order valence-electron chi connectivity index (χ4n) is 2.66. The molecule has 0 bridgehead atoms. The van der Waals surface area contributed by atoms with Crippen LogP contribution in [0.3, 0.4) is 0 Å². The summed E-state index contributed by atoms with van der Waals surface area (Å²) in [6.45, 7) is 13.9. The monoisotopic (exact) mass is 306 g/mol. The number of hydrogen-bond acceptors (Lipinski definition) is 4. The van der Waals surface area contributed by atoms with E-state index in [9.17, 15) is 4.79 Å². The van der Waals surface area contributed by atoms with Gasteiger partial charge in [0.2, 0.25) is 0 Å². The van der Waals surface area contributed by atoms with Crippen LogP contribution in [0.1, 0.15) is 54.9 Å². The molecule has 0 unspecified atom stereocenters. The van der Waals surface area contributed by atoms with Crippen molar-refractivity contribution < 1.29 is 18.8 Å². The van der Waals surface area contributed by atoms with Gasteiger partial charge in [0.1, 0.15) is 5.60 Å². The van der Waals surface area contributed by atoms with Gasteiger partial charge in [-0.25, -0.2) is 0 Å². The summed E-state index contributed by atoms with van der Waals surface area (Å²) in [4.78, 5) is 12.1. The maximum absolute atomic E-state index is 12.1. The van der Waals surface area contributed by atoms with E-state index in [4.69, 9.17) is 14.0 Å². The molecule has 4 nitrogen and oxygen atoms in total. The maximum atomic E-state index is 12.1. The minimum Gasteiger partial charge on any atom is -0.468 e. The molecule has 0 spiro atoms. The normalized spacial score (nSPS) is 24.2. The van der Waals surface area contributed by atoms with E-state index >= 15 is 0 Å². The first-order valence-electron chi connectivity index (χ1n) is 8.19. The van der Waals surface area contributed by atoms with Crippen molar-refractivity contribution in [1.29, 1.82) is 0 Å². The van der Waals surface area contributed by atoms with Gasteiger partial charge in [-0.1, -0.05) is 12.4 Å². The first kappa shape index (κ1) is 17.6. The largest absolute Gasteiger partial charge is 0.490 e. The molecule has 2 aliphatic rings. The van der Waals surface area contributed by atoms with Crippen molar-refractivity contribution in [2.24, 2.45) is 0 Å². The van der Waals surface area contributed by atoms with Crippen LogP contribution in [0.2, 0.25) is 12.6 Å². The summed E-state index contributed by atoms with van der Waals surface area (Å²) in [6.07, 6.45) is 4.42. The van der Waals surface area contributed by atoms with E-state index in [1.54, 1.807) is 0 Å². The van der Waals surface area contributed by atoms with Crippen LogP contribution in [0.5, 0.6) is 0 Å². The average molecular weight is 306 g/mol. The smallest absolute Gasteiger partial charge is 0.468 e. The van der Waals surface area contributed by atoms with Crippen molar-refractivity contribution in [3.8, 4) is 0 Å². The maximum Gasteiger partial charge on any atom is 0.490 e. The number of hydrogen-bond donors (Lipinski definition) is 0. The molecule has 0 radical (unpaired) electrons. The van der Waals surface area contributed by atoms with E-state index in [2.05, 4.69) is 33.8 Å². The van der Waals surface area contributed by atoms with E-state index < -0.39 is 5.60 Å². The first-order valence-corrected chi connectivity index (χ1v) is 8.19. The Hall–Kier alpha value is -0.740. The molecule has 0 aromatic carbocycles. The molecule has 0 atom stereocenters. The highest BCUT2D eigenvalue weighted by atomic mass is 16.7. The first-order chi connectivity index (χ1) is 9.91. The number of allylic oxidation sites excluding steroid dienone is 2. The van der Waals surface area contributed by atoms with Crippen LogP contribution in [0.4, 0.5) is 4.79 Å². The van der Waals surface area contributed by atoms with Crippen LogP contribution in [-0.4, -0.2) is 36.5 Å². The van der Waals surface area contributed by atoms with Gasteiger partial charge in [0.25, 0.3) is 12.6 Å². The topological polar surface area (TPSA) is 44.8 Å². The molecule has 22 heavy (non-hydrogen) atoms. The highest BCUT2D eigenvalue weighted by Crippen LogP contribution is 2.40. The summed E-state index contributed by atoms with van der Waals surface area (Å²) in [7, 11) is -0.287. The number of carbonyl (C=O) groups excluding carboxylic acids is 1. The quantitative estimate of drug-likeness (QED) is 0.724. The third-order valence-corrected chi connectivity index (χ3v) is 4.74. The molecule has 1 fully saturated rings. The molecule has 0 aromatic rings. The lowest BCUT2D eigenvalue weighted by Gasteiger charge is -2.32. The number of ether oxygens (including phenoxy) is 1. The second kappa shape index (κ2) is 5.72. The van der Waals surface area contributed by atoms with Crippen molar-refractivity contribution in [2.45, 2.75) is 84.3 Å². The van der Waals surface area contributed by atoms with Gasteiger partial charge in [-0.05, 0) is 66.7 Å². The Morgan fingerprint density at radius 1 is 1.18 bits per heavy atom. The third kappa shape index (κ3) is 3.77. The molecule has 0 aliphatic carbocycles. The van der Waals surface area contributed by atoms with Gasteiger partial charge in [-0.15, -0.1) is 0 Å². The van der Waals surface area contributed by atoms with Crippen molar-refractivity contribution in [3.63, 3.8) is 0 Å². The highest BCUT2D eigenvalue weighted by molar-refractivity contribution is 6.89. The lowest BCUT2D eigenvalue weighted by molar-refractivity contribution is 0.00578. The lowest BCUT2D eigenvalue weighted by Crippen LogP contribution is -2.41. The molecular weight excluding hydrogens is 278 g/mol. The van der Waals surface area contributed by atoms with Gasteiger partial charge in [-0.3, -0.25) is 4.79 Å². The van der Waals surface area contributed by atoms with Gasteiger partial charge in [-0.2, -0.15) is 0 Å². The van der Waals surface area contributed by atoms with Gasteiger partial charge in [0, 0.05) is 0 Å². The van der Waals surface area contributed by atoms with E-state index in [1.165, 1.54) is 0 Å². The van der Waals surface area contributed by atoms with Crippen molar-refractivity contribution in [3.05, 3.63) is 11.5 Å². The second-order valence-corrected chi connectivity index (χ2v) is 8.37. The van der Waals surface area contributed by atoms with E-state index in [1.807, 2.05) is 20.8 Å². The Labute approximate surface area is 135 Å². The molecule has 2 rings (SSSR count). The number of carbonyl (C=O) groups is 1. The van der Waals surface area contributed by atoms with Gasteiger partial charge in [0.15, 0.2) is 0 Å². The summed E-state index contributed by atoms with van der Waals surface area (Å²) in [6, 6.07) is 0. The summed E-state index contributed by atoms with van der Waals surface area (Å²) in [5, 5.41) is 0. The van der Waals surface area contributed by atoms with Gasteiger partial charge < -0.3 is 14.0 Å². The Bertz CT molecular complexity index is 461. The zero-order chi connectivity index (χ0) is 16.8. The minimum atomic E-state index is -0.424. The van der Waals surface area contributed by atoms with Crippen molar-refractivity contribution in [1.82, 2.24) is 0 Å². The predicted molar refractivity (Wildman–Crippen MR) is 90.4 cm³/mol. The summed E-state index contributed by atoms with van der Waals surface area (Å²) in [5.41, 5.74) is 0.0897. The van der Waals surface area contributed by atoms with E-state index in [0.717, 1.165) is 18.2 Å². The van der Waals surface area contributed by atoms with Crippen molar-refractivity contribution in [2.75, 3.05) is 0 Å². The fourth-order valence-corrected chi connectivity index (χ4v) is 2.66. The lowest BCUT2D eigenvalue weighted by atomic mass is 9.40.